The Hall–Kier alpha value is -1.60. The Kier molecular flexibility index (Phi) is 2.21. The smallest absolute Gasteiger partial charge is 0.180 e. The monoisotopic (exact) mass is 342 g/mol. The van der Waals surface area contributed by atoms with Gasteiger partial charge in [0.1, 0.15) is 5.54 Å². The first-order chi connectivity index (χ1) is 12.7. The van der Waals surface area contributed by atoms with Gasteiger partial charge in [-0.3, -0.25) is 4.48 Å². The molecule has 4 heterocycles. The largest absolute Gasteiger partial charge is 0.281 e. The van der Waals surface area contributed by atoms with Gasteiger partial charge < -0.3 is 0 Å². The molecule has 5 atom stereocenters. The van der Waals surface area contributed by atoms with Crippen molar-refractivity contribution < 1.29 is 4.48 Å². The molecular formula is C25H28N+. The summed E-state index contributed by atoms with van der Waals surface area (Å²) in [4.78, 5) is 0. The second-order valence-corrected chi connectivity index (χ2v) is 9.96. The molecule has 2 saturated heterocycles. The minimum atomic E-state index is 0.181. The molecular weight excluding hydrogens is 314 g/mol. The molecule has 4 aliphatic heterocycles. The Morgan fingerprint density at radius 1 is 0.923 bits per heavy atom. The maximum Gasteiger partial charge on any atom is 0.180 e. The zero-order valence-electron chi connectivity index (χ0n) is 16.0. The molecule has 1 aliphatic carbocycles. The molecule has 0 aromatic heterocycles. The second-order valence-electron chi connectivity index (χ2n) is 9.96. The van der Waals surface area contributed by atoms with Crippen LogP contribution in [0.25, 0.3) is 0 Å². The van der Waals surface area contributed by atoms with Crippen LogP contribution in [0.2, 0.25) is 0 Å². The van der Waals surface area contributed by atoms with Crippen molar-refractivity contribution in [1.29, 1.82) is 0 Å². The number of hydrogen-bond donors (Lipinski definition) is 0. The minimum absolute atomic E-state index is 0.181. The number of hydrogen-bond acceptors (Lipinski definition) is 0. The van der Waals surface area contributed by atoms with E-state index in [0.717, 1.165) is 12.0 Å². The fourth-order valence-corrected chi connectivity index (χ4v) is 8.81. The van der Waals surface area contributed by atoms with Crippen LogP contribution in [-0.2, 0) is 16.6 Å². The van der Waals surface area contributed by atoms with E-state index in [9.17, 15) is 0 Å². The van der Waals surface area contributed by atoms with E-state index in [1.54, 1.807) is 22.3 Å². The Bertz CT molecular complexity index is 974. The fourth-order valence-electron chi connectivity index (χ4n) is 8.81. The summed E-state index contributed by atoms with van der Waals surface area (Å²) in [5.74, 6) is 0.988. The van der Waals surface area contributed by atoms with Crippen LogP contribution in [0.1, 0.15) is 74.6 Å². The number of rotatable bonds is 4. The Labute approximate surface area is 156 Å². The van der Waals surface area contributed by atoms with Crippen molar-refractivity contribution in [2.45, 2.75) is 75.0 Å². The van der Waals surface area contributed by atoms with E-state index in [-0.39, 0.29) is 5.54 Å². The molecule has 1 saturated carbocycles. The fraction of sp³-hybridized carbons (Fsp3) is 0.520. The second kappa shape index (κ2) is 3.97. The predicted molar refractivity (Wildman–Crippen MR) is 104 cm³/mol. The zero-order valence-corrected chi connectivity index (χ0v) is 16.0. The van der Waals surface area contributed by atoms with Crippen LogP contribution in [0.4, 0.5) is 0 Å². The summed E-state index contributed by atoms with van der Waals surface area (Å²) in [6.45, 7) is 5.01. The molecule has 1 spiro atoms. The van der Waals surface area contributed by atoms with Crippen LogP contribution in [0.5, 0.6) is 0 Å². The normalized spacial score (nSPS) is 45.4. The molecule has 0 radical (unpaired) electrons. The van der Waals surface area contributed by atoms with Crippen LogP contribution in [0, 0.1) is 5.92 Å². The first kappa shape index (κ1) is 14.5. The Morgan fingerprint density at radius 3 is 2.19 bits per heavy atom. The highest BCUT2D eigenvalue weighted by atomic mass is 15.7. The van der Waals surface area contributed by atoms with E-state index >= 15 is 0 Å². The third kappa shape index (κ3) is 1.06. The summed E-state index contributed by atoms with van der Waals surface area (Å²) in [6.07, 6.45) is 8.49. The van der Waals surface area contributed by atoms with Gasteiger partial charge in [-0.25, -0.2) is 0 Å². The van der Waals surface area contributed by atoms with E-state index in [1.807, 2.05) is 0 Å². The molecule has 132 valence electrons. The third-order valence-electron chi connectivity index (χ3n) is 9.32. The summed E-state index contributed by atoms with van der Waals surface area (Å²) >= 11 is 0. The molecule has 2 aromatic rings. The lowest BCUT2D eigenvalue weighted by atomic mass is 9.75. The zero-order chi connectivity index (χ0) is 17.4. The first-order valence-electron chi connectivity index (χ1n) is 10.8. The number of quaternary nitrogens is 1. The standard InChI is InChI=1S/C25H28N/c1-3-14-25-21-11-7-5-9-19(21)23(2)18-8-4-6-10-20(18)24(15-17-12-13-17)16-22(25)26(23,24)25/h4-11,17,22H,3,12-16H2,1-2H3/q+1/t22?,23?,24-,25-,26?/m0/s1. The van der Waals surface area contributed by atoms with Crippen molar-refractivity contribution in [2.75, 3.05) is 0 Å². The number of nitrogens with zero attached hydrogens (tertiary/aromatic N) is 1. The highest BCUT2D eigenvalue weighted by Crippen LogP contribution is 2.91. The van der Waals surface area contributed by atoms with E-state index in [1.165, 1.54) is 43.0 Å². The van der Waals surface area contributed by atoms with E-state index in [4.69, 9.17) is 0 Å². The quantitative estimate of drug-likeness (QED) is 0.503. The molecule has 0 N–H and O–H groups in total. The van der Waals surface area contributed by atoms with Gasteiger partial charge in [-0.05, 0) is 32.1 Å². The van der Waals surface area contributed by atoms with Crippen molar-refractivity contribution in [2.24, 2.45) is 5.92 Å². The summed E-state index contributed by atoms with van der Waals surface area (Å²) in [6, 6.07) is 20.0. The third-order valence-corrected chi connectivity index (χ3v) is 9.32. The van der Waals surface area contributed by atoms with Crippen LogP contribution >= 0.6 is 0 Å². The van der Waals surface area contributed by atoms with Crippen LogP contribution < -0.4 is 0 Å². The van der Waals surface area contributed by atoms with Gasteiger partial charge in [-0.1, -0.05) is 55.5 Å². The van der Waals surface area contributed by atoms with Crippen molar-refractivity contribution in [3.8, 4) is 0 Å². The molecule has 3 unspecified atom stereocenters. The van der Waals surface area contributed by atoms with E-state index in [0.29, 0.717) is 11.1 Å². The first-order valence-corrected chi connectivity index (χ1v) is 10.8. The maximum atomic E-state index is 2.61. The molecule has 26 heavy (non-hydrogen) atoms. The van der Waals surface area contributed by atoms with Crippen molar-refractivity contribution in [3.63, 3.8) is 0 Å². The van der Waals surface area contributed by atoms with Gasteiger partial charge >= 0.3 is 0 Å². The summed E-state index contributed by atoms with van der Waals surface area (Å²) in [7, 11) is 0. The van der Waals surface area contributed by atoms with Gasteiger partial charge in [0, 0.05) is 35.1 Å². The van der Waals surface area contributed by atoms with Gasteiger partial charge in [0.15, 0.2) is 17.1 Å². The molecule has 5 aliphatic rings. The van der Waals surface area contributed by atoms with E-state index in [2.05, 4.69) is 62.4 Å². The molecule has 3 fully saturated rings. The number of benzene rings is 2. The summed E-state index contributed by atoms with van der Waals surface area (Å²) in [5.41, 5.74) is 7.74. The van der Waals surface area contributed by atoms with Crippen LogP contribution in [-0.4, -0.2) is 10.5 Å². The minimum Gasteiger partial charge on any atom is -0.281 e. The number of fused-ring (bicyclic) bond motifs is 7. The molecule has 1 nitrogen and oxygen atoms in total. The highest BCUT2D eigenvalue weighted by Gasteiger charge is 3.03. The molecule has 2 aromatic carbocycles. The molecule has 1 heteroatoms. The van der Waals surface area contributed by atoms with E-state index < -0.39 is 0 Å². The average Bonchev–Trinajstić information content (AvgIpc) is 3.51. The summed E-state index contributed by atoms with van der Waals surface area (Å²) in [5, 5.41) is 0. The van der Waals surface area contributed by atoms with Gasteiger partial charge in [-0.15, -0.1) is 0 Å². The lowest BCUT2D eigenvalue weighted by Crippen LogP contribution is -2.62. The van der Waals surface area contributed by atoms with Crippen molar-refractivity contribution in [3.05, 3.63) is 70.8 Å². The van der Waals surface area contributed by atoms with Crippen molar-refractivity contribution in [1.82, 2.24) is 0 Å². The van der Waals surface area contributed by atoms with Crippen molar-refractivity contribution >= 4 is 0 Å². The average molecular weight is 343 g/mol. The lowest BCUT2D eigenvalue weighted by molar-refractivity contribution is -0.975. The van der Waals surface area contributed by atoms with Gasteiger partial charge in [0.25, 0.3) is 0 Å². The molecule has 0 bridgehead atoms. The predicted octanol–water partition coefficient (Wildman–Crippen LogP) is 5.57. The van der Waals surface area contributed by atoms with Gasteiger partial charge in [0.05, 0.1) is 6.42 Å². The summed E-state index contributed by atoms with van der Waals surface area (Å²) < 4.78 is 1.38. The van der Waals surface area contributed by atoms with Crippen LogP contribution in [0.15, 0.2) is 48.5 Å². The van der Waals surface area contributed by atoms with Gasteiger partial charge in [0.2, 0.25) is 0 Å². The Balaban J connectivity index is 1.59. The van der Waals surface area contributed by atoms with Crippen LogP contribution in [0.3, 0.4) is 0 Å². The topological polar surface area (TPSA) is 0 Å². The van der Waals surface area contributed by atoms with Gasteiger partial charge in [-0.2, -0.15) is 0 Å². The SMILES string of the molecule is CCC[C@]12c3ccccc3C3(C)c4ccccc4[C@]4(CC5CC5)CC1[N+]342. The lowest BCUT2D eigenvalue weighted by Gasteiger charge is -2.51. The maximum absolute atomic E-state index is 2.61. The molecule has 0 amide bonds. The molecule has 7 rings (SSSR count). The Morgan fingerprint density at radius 2 is 1.54 bits per heavy atom. The highest BCUT2D eigenvalue weighted by molar-refractivity contribution is 5.62.